The molecular formula is C77H126O6. The zero-order valence-electron chi connectivity index (χ0n) is 53.9. The van der Waals surface area contributed by atoms with E-state index in [1.54, 1.807) is 0 Å². The molecule has 0 bridgehead atoms. The summed E-state index contributed by atoms with van der Waals surface area (Å²) in [7, 11) is 0. The van der Waals surface area contributed by atoms with Crippen molar-refractivity contribution in [3.63, 3.8) is 0 Å². The van der Waals surface area contributed by atoms with Gasteiger partial charge in [-0.2, -0.15) is 0 Å². The molecule has 0 aliphatic carbocycles. The Labute approximate surface area is 512 Å². The van der Waals surface area contributed by atoms with Gasteiger partial charge in [-0.1, -0.05) is 308 Å². The molecule has 0 aromatic rings. The number of unbranched alkanes of at least 4 members (excludes halogenated alkanes) is 26. The van der Waals surface area contributed by atoms with Crippen LogP contribution in [0.4, 0.5) is 0 Å². The first-order valence-corrected chi connectivity index (χ1v) is 34.3. The van der Waals surface area contributed by atoms with Crippen LogP contribution in [0, 0.1) is 0 Å². The van der Waals surface area contributed by atoms with Crippen molar-refractivity contribution >= 4 is 17.9 Å². The van der Waals surface area contributed by atoms with E-state index < -0.39 is 6.10 Å². The third-order valence-electron chi connectivity index (χ3n) is 14.3. The number of rotatable bonds is 61. The van der Waals surface area contributed by atoms with Crippen molar-refractivity contribution in [1.29, 1.82) is 0 Å². The van der Waals surface area contributed by atoms with E-state index in [-0.39, 0.29) is 31.1 Å². The van der Waals surface area contributed by atoms with Crippen molar-refractivity contribution in [3.05, 3.63) is 146 Å². The molecule has 6 heteroatoms. The van der Waals surface area contributed by atoms with E-state index in [0.29, 0.717) is 19.3 Å². The van der Waals surface area contributed by atoms with Gasteiger partial charge in [0.2, 0.25) is 0 Å². The Morgan fingerprint density at radius 2 is 0.470 bits per heavy atom. The normalized spacial score (nSPS) is 13.0. The summed E-state index contributed by atoms with van der Waals surface area (Å²) in [4.78, 5) is 38.0. The minimum Gasteiger partial charge on any atom is -0.462 e. The van der Waals surface area contributed by atoms with Crippen LogP contribution in [0.5, 0.6) is 0 Å². The maximum atomic E-state index is 12.9. The summed E-state index contributed by atoms with van der Waals surface area (Å²) in [6, 6.07) is 0. The molecule has 1 atom stereocenters. The van der Waals surface area contributed by atoms with Gasteiger partial charge >= 0.3 is 17.9 Å². The minimum atomic E-state index is -0.783. The second-order valence-corrected chi connectivity index (χ2v) is 22.3. The number of esters is 3. The third-order valence-corrected chi connectivity index (χ3v) is 14.3. The topological polar surface area (TPSA) is 78.9 Å². The lowest BCUT2D eigenvalue weighted by atomic mass is 10.0. The molecule has 470 valence electrons. The van der Waals surface area contributed by atoms with Gasteiger partial charge in [0.15, 0.2) is 6.10 Å². The Balaban J connectivity index is 4.02. The lowest BCUT2D eigenvalue weighted by Gasteiger charge is -2.18. The van der Waals surface area contributed by atoms with Crippen LogP contribution >= 0.6 is 0 Å². The molecule has 0 heterocycles. The molecule has 0 saturated carbocycles. The fourth-order valence-corrected chi connectivity index (χ4v) is 9.27. The van der Waals surface area contributed by atoms with Crippen LogP contribution in [0.2, 0.25) is 0 Å². The van der Waals surface area contributed by atoms with E-state index in [0.717, 1.165) is 148 Å². The third kappa shape index (κ3) is 68.0. The van der Waals surface area contributed by atoms with Crippen molar-refractivity contribution in [1.82, 2.24) is 0 Å². The highest BCUT2D eigenvalue weighted by Crippen LogP contribution is 2.16. The molecule has 6 nitrogen and oxygen atoms in total. The molecule has 83 heavy (non-hydrogen) atoms. The van der Waals surface area contributed by atoms with Crippen LogP contribution in [-0.4, -0.2) is 37.2 Å². The Hall–Kier alpha value is -4.71. The fourth-order valence-electron chi connectivity index (χ4n) is 9.27. The molecule has 0 aromatic carbocycles. The molecule has 0 aliphatic heterocycles. The summed E-state index contributed by atoms with van der Waals surface area (Å²) < 4.78 is 16.8. The highest BCUT2D eigenvalue weighted by atomic mass is 16.6. The van der Waals surface area contributed by atoms with Gasteiger partial charge in [-0.05, 0) is 122 Å². The van der Waals surface area contributed by atoms with Crippen LogP contribution in [0.3, 0.4) is 0 Å². The van der Waals surface area contributed by atoms with Gasteiger partial charge in [-0.25, -0.2) is 0 Å². The van der Waals surface area contributed by atoms with E-state index in [1.165, 1.54) is 116 Å². The SMILES string of the molecule is CC/C=C\C/C=C\C/C=C\C/C=C\C/C=C\C/C=C\C/C=C\CCCCCCCCCCCCCCCC(=O)OCC(COC(=O)CCCCCCC)OC(=O)CCCCCCCCCCC/C=C\C/C=C\C/C=C\C/C=C\C/C=C\CC. The van der Waals surface area contributed by atoms with Crippen molar-refractivity contribution < 1.29 is 28.6 Å². The lowest BCUT2D eigenvalue weighted by Crippen LogP contribution is -2.30. The lowest BCUT2D eigenvalue weighted by molar-refractivity contribution is -0.167. The maximum Gasteiger partial charge on any atom is 0.306 e. The molecule has 0 spiro atoms. The van der Waals surface area contributed by atoms with Gasteiger partial charge in [0.1, 0.15) is 13.2 Å². The summed E-state index contributed by atoms with van der Waals surface area (Å²) in [5, 5.41) is 0. The Morgan fingerprint density at radius 1 is 0.253 bits per heavy atom. The Kier molecular flexibility index (Phi) is 65.8. The largest absolute Gasteiger partial charge is 0.462 e. The highest BCUT2D eigenvalue weighted by molar-refractivity contribution is 5.71. The summed E-state index contributed by atoms with van der Waals surface area (Å²) in [6.07, 6.45) is 101. The summed E-state index contributed by atoms with van der Waals surface area (Å²) in [5.41, 5.74) is 0. The van der Waals surface area contributed by atoms with Crippen LogP contribution < -0.4 is 0 Å². The number of allylic oxidation sites excluding steroid dienone is 24. The van der Waals surface area contributed by atoms with E-state index >= 15 is 0 Å². The first kappa shape index (κ1) is 78.3. The summed E-state index contributed by atoms with van der Waals surface area (Å²) in [6.45, 7) is 6.33. The van der Waals surface area contributed by atoms with E-state index in [2.05, 4.69) is 167 Å². The van der Waals surface area contributed by atoms with Gasteiger partial charge < -0.3 is 14.2 Å². The number of carbonyl (C=O) groups is 3. The van der Waals surface area contributed by atoms with Crippen LogP contribution in [0.1, 0.15) is 303 Å². The molecule has 0 aromatic heterocycles. The average Bonchev–Trinajstić information content (AvgIpc) is 3.49. The van der Waals surface area contributed by atoms with E-state index in [9.17, 15) is 14.4 Å². The molecule has 0 amide bonds. The van der Waals surface area contributed by atoms with Gasteiger partial charge in [-0.15, -0.1) is 0 Å². The second-order valence-electron chi connectivity index (χ2n) is 22.3. The van der Waals surface area contributed by atoms with Gasteiger partial charge in [0.05, 0.1) is 0 Å². The van der Waals surface area contributed by atoms with E-state index in [4.69, 9.17) is 14.2 Å². The number of hydrogen-bond acceptors (Lipinski definition) is 6. The van der Waals surface area contributed by atoms with Crippen molar-refractivity contribution in [2.24, 2.45) is 0 Å². The maximum absolute atomic E-state index is 12.9. The molecule has 1 unspecified atom stereocenters. The fraction of sp³-hybridized carbons (Fsp3) is 0.649. The van der Waals surface area contributed by atoms with Gasteiger partial charge in [-0.3, -0.25) is 14.4 Å². The Morgan fingerprint density at radius 3 is 0.735 bits per heavy atom. The summed E-state index contributed by atoms with van der Waals surface area (Å²) in [5.74, 6) is -0.901. The predicted octanol–water partition coefficient (Wildman–Crippen LogP) is 23.9. The Bertz CT molecular complexity index is 1800. The highest BCUT2D eigenvalue weighted by Gasteiger charge is 2.19. The van der Waals surface area contributed by atoms with Crippen molar-refractivity contribution in [2.75, 3.05) is 13.2 Å². The molecule has 0 N–H and O–H groups in total. The number of carbonyl (C=O) groups excluding carboxylic acids is 3. The number of ether oxygens (including phenoxy) is 3. The first-order chi connectivity index (χ1) is 41.0. The smallest absolute Gasteiger partial charge is 0.306 e. The predicted molar refractivity (Wildman–Crippen MR) is 362 cm³/mol. The summed E-state index contributed by atoms with van der Waals surface area (Å²) >= 11 is 0. The molecule has 0 fully saturated rings. The molecule has 0 aliphatic rings. The molecular weight excluding hydrogens is 1020 g/mol. The molecule has 0 rings (SSSR count). The van der Waals surface area contributed by atoms with Crippen LogP contribution in [0.25, 0.3) is 0 Å². The molecule has 0 radical (unpaired) electrons. The average molecular weight is 1150 g/mol. The van der Waals surface area contributed by atoms with Crippen LogP contribution in [-0.2, 0) is 28.6 Å². The van der Waals surface area contributed by atoms with E-state index in [1.807, 2.05) is 0 Å². The quantitative estimate of drug-likeness (QED) is 0.0261. The zero-order valence-corrected chi connectivity index (χ0v) is 53.9. The first-order valence-electron chi connectivity index (χ1n) is 34.3. The zero-order chi connectivity index (χ0) is 59.9. The van der Waals surface area contributed by atoms with Gasteiger partial charge in [0.25, 0.3) is 0 Å². The number of hydrogen-bond donors (Lipinski definition) is 0. The molecule has 0 saturated heterocycles. The van der Waals surface area contributed by atoms with Crippen LogP contribution in [0.15, 0.2) is 146 Å². The standard InChI is InChI=1S/C77H126O6/c1-4-7-10-13-15-17-19-21-23-25-27-29-31-33-34-35-36-37-38-39-40-41-42-44-45-47-49-51-53-55-57-59-61-64-67-70-76(79)82-73-74(72-81-75(78)69-66-63-12-9-6-3)83-77(80)71-68-65-62-60-58-56-54-52-50-48-46-43-32-30-28-26-24-22-20-18-16-14-11-8-5-2/h7-8,10-11,15-18,21-24,27-30,33-34,36-37,39-40,43,46,74H,4-6,9,12-14,19-20,25-26,31-32,35,38,41-42,44-45,47-73H2,1-3H3/b10-7-,11-8-,17-15-,18-16-,23-21-,24-22-,29-27-,30-28-,34-33-,37-36-,40-39-,46-43-. The van der Waals surface area contributed by atoms with Gasteiger partial charge in [0, 0.05) is 19.3 Å². The van der Waals surface area contributed by atoms with Crippen molar-refractivity contribution in [3.8, 4) is 0 Å². The van der Waals surface area contributed by atoms with Crippen molar-refractivity contribution in [2.45, 2.75) is 309 Å². The second kappa shape index (κ2) is 69.8. The minimum absolute atomic E-state index is 0.0830. The monoisotopic (exact) mass is 1150 g/mol.